The van der Waals surface area contributed by atoms with Crippen LogP contribution in [0.25, 0.3) is 0 Å². The van der Waals surface area contributed by atoms with Crippen LogP contribution in [0.2, 0.25) is 0 Å². The Morgan fingerprint density at radius 3 is 3.16 bits per heavy atom. The van der Waals surface area contributed by atoms with E-state index in [1.165, 1.54) is 0 Å². The molecule has 0 aliphatic carbocycles. The first-order valence-corrected chi connectivity index (χ1v) is 6.48. The summed E-state index contributed by atoms with van der Waals surface area (Å²) < 4.78 is 7.12. The van der Waals surface area contributed by atoms with E-state index in [4.69, 9.17) is 4.74 Å². The number of nitrogens with zero attached hydrogens (tertiary/aromatic N) is 5. The molecule has 1 aliphatic rings. The maximum Gasteiger partial charge on any atom is 0.228 e. The van der Waals surface area contributed by atoms with E-state index in [1.54, 1.807) is 25.6 Å². The fourth-order valence-electron chi connectivity index (χ4n) is 2.50. The van der Waals surface area contributed by atoms with Gasteiger partial charge in [-0.15, -0.1) is 0 Å². The molecular formula is C13H17N5O. The third-order valence-electron chi connectivity index (χ3n) is 3.42. The van der Waals surface area contributed by atoms with Gasteiger partial charge in [0.1, 0.15) is 0 Å². The van der Waals surface area contributed by atoms with Crippen molar-refractivity contribution in [1.82, 2.24) is 19.7 Å². The molecule has 19 heavy (non-hydrogen) atoms. The number of rotatable bonds is 4. The smallest absolute Gasteiger partial charge is 0.228 e. The topological polar surface area (TPSA) is 56.1 Å². The van der Waals surface area contributed by atoms with Crippen LogP contribution in [0, 0.1) is 0 Å². The first-order chi connectivity index (χ1) is 9.36. The SMILES string of the molecule is COc1ccnc(N2CCCC2Cn2cccn2)n1. The minimum atomic E-state index is 0.395. The van der Waals surface area contributed by atoms with Gasteiger partial charge >= 0.3 is 0 Å². The molecule has 2 aromatic rings. The molecule has 1 saturated heterocycles. The lowest BCUT2D eigenvalue weighted by Gasteiger charge is -2.24. The molecule has 6 heteroatoms. The molecule has 0 amide bonds. The number of ether oxygens (including phenoxy) is 1. The molecule has 1 atom stereocenters. The van der Waals surface area contributed by atoms with Crippen LogP contribution < -0.4 is 9.64 Å². The Morgan fingerprint density at radius 2 is 2.37 bits per heavy atom. The molecule has 3 heterocycles. The molecule has 0 saturated carbocycles. The molecule has 6 nitrogen and oxygen atoms in total. The van der Waals surface area contributed by atoms with Crippen LogP contribution in [0.5, 0.6) is 5.88 Å². The fourth-order valence-corrected chi connectivity index (χ4v) is 2.50. The largest absolute Gasteiger partial charge is 0.481 e. The number of anilines is 1. The highest BCUT2D eigenvalue weighted by molar-refractivity contribution is 5.35. The summed E-state index contributed by atoms with van der Waals surface area (Å²) in [5.41, 5.74) is 0. The van der Waals surface area contributed by atoms with Gasteiger partial charge in [0.2, 0.25) is 11.8 Å². The third kappa shape index (κ3) is 2.52. The van der Waals surface area contributed by atoms with Gasteiger partial charge < -0.3 is 9.64 Å². The summed E-state index contributed by atoms with van der Waals surface area (Å²) in [5.74, 6) is 1.35. The fraction of sp³-hybridized carbons (Fsp3) is 0.462. The first kappa shape index (κ1) is 12.0. The average molecular weight is 259 g/mol. The van der Waals surface area contributed by atoms with Crippen molar-refractivity contribution in [2.75, 3.05) is 18.6 Å². The van der Waals surface area contributed by atoms with Gasteiger partial charge in [-0.1, -0.05) is 0 Å². The van der Waals surface area contributed by atoms with Crippen LogP contribution in [-0.4, -0.2) is 39.4 Å². The molecule has 1 unspecified atom stereocenters. The van der Waals surface area contributed by atoms with Crippen molar-refractivity contribution in [1.29, 1.82) is 0 Å². The van der Waals surface area contributed by atoms with Gasteiger partial charge in [-0.25, -0.2) is 4.98 Å². The standard InChI is InChI=1S/C13H17N5O/c1-19-12-5-7-14-13(16-12)18-9-2-4-11(18)10-17-8-3-6-15-17/h3,5-8,11H,2,4,9-10H2,1H3. The van der Waals surface area contributed by atoms with E-state index in [2.05, 4.69) is 20.0 Å². The van der Waals surface area contributed by atoms with E-state index in [1.807, 2.05) is 16.9 Å². The number of hydrogen-bond donors (Lipinski definition) is 0. The van der Waals surface area contributed by atoms with Crippen LogP contribution in [-0.2, 0) is 6.54 Å². The summed E-state index contributed by atoms with van der Waals surface area (Å²) in [5, 5.41) is 4.27. The maximum atomic E-state index is 5.16. The highest BCUT2D eigenvalue weighted by Gasteiger charge is 2.27. The van der Waals surface area contributed by atoms with Crippen LogP contribution >= 0.6 is 0 Å². The number of aromatic nitrogens is 4. The Labute approximate surface area is 112 Å². The monoisotopic (exact) mass is 259 g/mol. The zero-order valence-corrected chi connectivity index (χ0v) is 10.9. The van der Waals surface area contributed by atoms with E-state index in [0.717, 1.165) is 31.9 Å². The van der Waals surface area contributed by atoms with Crippen molar-refractivity contribution in [2.24, 2.45) is 0 Å². The van der Waals surface area contributed by atoms with Crippen LogP contribution in [0.4, 0.5) is 5.95 Å². The van der Waals surface area contributed by atoms with Gasteiger partial charge in [-0.05, 0) is 18.9 Å². The molecule has 0 bridgehead atoms. The Morgan fingerprint density at radius 1 is 1.42 bits per heavy atom. The molecule has 1 fully saturated rings. The van der Waals surface area contributed by atoms with E-state index in [0.29, 0.717) is 11.9 Å². The molecule has 0 aromatic carbocycles. The minimum absolute atomic E-state index is 0.395. The van der Waals surface area contributed by atoms with Crippen LogP contribution in [0.15, 0.2) is 30.7 Å². The second-order valence-corrected chi connectivity index (χ2v) is 4.62. The molecule has 0 radical (unpaired) electrons. The molecule has 1 aliphatic heterocycles. The maximum absolute atomic E-state index is 5.16. The summed E-state index contributed by atoms with van der Waals surface area (Å²) in [6.45, 7) is 1.85. The van der Waals surface area contributed by atoms with Crippen molar-refractivity contribution in [3.05, 3.63) is 30.7 Å². The molecular weight excluding hydrogens is 242 g/mol. The van der Waals surface area contributed by atoms with E-state index in [-0.39, 0.29) is 0 Å². The normalized spacial score (nSPS) is 18.8. The quantitative estimate of drug-likeness (QED) is 0.829. The first-order valence-electron chi connectivity index (χ1n) is 6.48. The van der Waals surface area contributed by atoms with Gasteiger partial charge in [0, 0.05) is 31.2 Å². The highest BCUT2D eigenvalue weighted by Crippen LogP contribution is 2.24. The van der Waals surface area contributed by atoms with Crippen molar-refractivity contribution in [2.45, 2.75) is 25.4 Å². The zero-order chi connectivity index (χ0) is 13.1. The van der Waals surface area contributed by atoms with Gasteiger partial charge in [-0.2, -0.15) is 10.1 Å². The molecule has 0 N–H and O–H groups in total. The van der Waals surface area contributed by atoms with Crippen molar-refractivity contribution in [3.8, 4) is 5.88 Å². The van der Waals surface area contributed by atoms with Gasteiger partial charge in [0.05, 0.1) is 19.7 Å². The van der Waals surface area contributed by atoms with Gasteiger partial charge in [0.15, 0.2) is 0 Å². The summed E-state index contributed by atoms with van der Waals surface area (Å²) in [7, 11) is 1.62. The van der Waals surface area contributed by atoms with Gasteiger partial charge in [0.25, 0.3) is 0 Å². The lowest BCUT2D eigenvalue weighted by atomic mass is 10.2. The van der Waals surface area contributed by atoms with Crippen LogP contribution in [0.3, 0.4) is 0 Å². The Bertz CT molecular complexity index is 528. The molecule has 0 spiro atoms. The molecule has 100 valence electrons. The second-order valence-electron chi connectivity index (χ2n) is 4.62. The average Bonchev–Trinajstić information content (AvgIpc) is 3.11. The zero-order valence-electron chi connectivity index (χ0n) is 10.9. The van der Waals surface area contributed by atoms with Crippen molar-refractivity contribution in [3.63, 3.8) is 0 Å². The number of methoxy groups -OCH3 is 1. The van der Waals surface area contributed by atoms with Crippen LogP contribution in [0.1, 0.15) is 12.8 Å². The predicted octanol–water partition coefficient (Wildman–Crippen LogP) is 1.35. The van der Waals surface area contributed by atoms with Crippen molar-refractivity contribution < 1.29 is 4.74 Å². The lowest BCUT2D eigenvalue weighted by molar-refractivity contribution is 0.396. The van der Waals surface area contributed by atoms with Gasteiger partial charge in [-0.3, -0.25) is 4.68 Å². The van der Waals surface area contributed by atoms with E-state index in [9.17, 15) is 0 Å². The summed E-state index contributed by atoms with van der Waals surface area (Å²) in [6.07, 6.45) is 7.83. The summed E-state index contributed by atoms with van der Waals surface area (Å²) in [4.78, 5) is 11.0. The number of hydrogen-bond acceptors (Lipinski definition) is 5. The lowest BCUT2D eigenvalue weighted by Crippen LogP contribution is -2.34. The van der Waals surface area contributed by atoms with Crippen molar-refractivity contribution >= 4 is 5.95 Å². The summed E-state index contributed by atoms with van der Waals surface area (Å²) in [6, 6.07) is 4.11. The third-order valence-corrected chi connectivity index (χ3v) is 3.42. The highest BCUT2D eigenvalue weighted by atomic mass is 16.5. The second kappa shape index (κ2) is 5.26. The van der Waals surface area contributed by atoms with E-state index < -0.39 is 0 Å². The Kier molecular flexibility index (Phi) is 3.31. The molecule has 2 aromatic heterocycles. The summed E-state index contributed by atoms with van der Waals surface area (Å²) >= 11 is 0. The Balaban J connectivity index is 1.78. The Hall–Kier alpha value is -2.11. The molecule has 3 rings (SSSR count). The predicted molar refractivity (Wildman–Crippen MR) is 71.2 cm³/mol. The minimum Gasteiger partial charge on any atom is -0.481 e. The van der Waals surface area contributed by atoms with E-state index >= 15 is 0 Å².